The second-order valence-electron chi connectivity index (χ2n) is 6.88. The Labute approximate surface area is 124 Å². The van der Waals surface area contributed by atoms with E-state index in [4.69, 9.17) is 0 Å². The highest BCUT2D eigenvalue weighted by molar-refractivity contribution is 5.31. The Hall–Kier alpha value is -0.820. The third-order valence-electron chi connectivity index (χ3n) is 5.79. The molecule has 4 atom stereocenters. The largest absolute Gasteiger partial charge is 0.307 e. The van der Waals surface area contributed by atoms with Crippen molar-refractivity contribution < 1.29 is 0 Å². The van der Waals surface area contributed by atoms with Gasteiger partial charge in [-0.3, -0.25) is 0 Å². The van der Waals surface area contributed by atoms with E-state index < -0.39 is 0 Å². The predicted molar refractivity (Wildman–Crippen MR) is 85.8 cm³/mol. The third-order valence-corrected chi connectivity index (χ3v) is 5.79. The number of fused-ring (bicyclic) bond motifs is 1. The first-order chi connectivity index (χ1) is 9.79. The maximum atomic E-state index is 4.03. The van der Waals surface area contributed by atoms with E-state index in [9.17, 15) is 0 Å². The molecule has 1 aromatic rings. The van der Waals surface area contributed by atoms with Crippen molar-refractivity contribution in [3.05, 3.63) is 35.4 Å². The summed E-state index contributed by atoms with van der Waals surface area (Å²) in [4.78, 5) is 0. The molecule has 1 aromatic carbocycles. The molecule has 0 aromatic heterocycles. The van der Waals surface area contributed by atoms with Crippen LogP contribution in [0.2, 0.25) is 0 Å². The molecular formula is C19H29N. The molecule has 0 heterocycles. The summed E-state index contributed by atoms with van der Waals surface area (Å²) in [5.74, 6) is 1.78. The fourth-order valence-corrected chi connectivity index (χ4v) is 4.41. The zero-order valence-corrected chi connectivity index (χ0v) is 13.1. The summed E-state index contributed by atoms with van der Waals surface area (Å²) in [5.41, 5.74) is 3.16. The third kappa shape index (κ3) is 2.79. The van der Waals surface area contributed by atoms with Gasteiger partial charge in [-0.1, -0.05) is 51.0 Å². The number of hydrogen-bond acceptors (Lipinski definition) is 1. The van der Waals surface area contributed by atoms with Crippen LogP contribution in [-0.4, -0.2) is 6.04 Å². The molecule has 1 heteroatoms. The van der Waals surface area contributed by atoms with Crippen molar-refractivity contribution in [1.82, 2.24) is 5.32 Å². The molecule has 2 aliphatic rings. The molecule has 0 bridgehead atoms. The average molecular weight is 271 g/mol. The summed E-state index contributed by atoms with van der Waals surface area (Å²) < 4.78 is 0. The van der Waals surface area contributed by atoms with Crippen molar-refractivity contribution in [2.45, 2.75) is 70.9 Å². The van der Waals surface area contributed by atoms with E-state index in [0.717, 1.165) is 17.9 Å². The van der Waals surface area contributed by atoms with Crippen molar-refractivity contribution >= 4 is 0 Å². The van der Waals surface area contributed by atoms with Gasteiger partial charge in [-0.15, -0.1) is 0 Å². The van der Waals surface area contributed by atoms with Crippen LogP contribution in [0, 0.1) is 11.8 Å². The van der Waals surface area contributed by atoms with E-state index in [0.29, 0.717) is 6.04 Å². The number of nitrogens with one attached hydrogen (secondary N) is 1. The standard InChI is InChI=1S/C19H29N/c1-3-15-12-13-18(14(15)2)20-19-11-7-5-9-16-8-4-6-10-17(16)19/h4,6,8,10,14-15,18-20H,3,5,7,9,11-13H2,1-2H3. The highest BCUT2D eigenvalue weighted by atomic mass is 15.0. The van der Waals surface area contributed by atoms with Gasteiger partial charge in [0.05, 0.1) is 0 Å². The van der Waals surface area contributed by atoms with Gasteiger partial charge < -0.3 is 5.32 Å². The van der Waals surface area contributed by atoms with Crippen LogP contribution in [0.1, 0.15) is 69.5 Å². The number of hydrogen-bond donors (Lipinski definition) is 1. The van der Waals surface area contributed by atoms with Crippen LogP contribution in [-0.2, 0) is 6.42 Å². The molecule has 0 amide bonds. The van der Waals surface area contributed by atoms with Crippen LogP contribution < -0.4 is 5.32 Å². The molecule has 1 saturated carbocycles. The number of aryl methyl sites for hydroxylation is 1. The lowest BCUT2D eigenvalue weighted by atomic mass is 9.92. The van der Waals surface area contributed by atoms with E-state index >= 15 is 0 Å². The van der Waals surface area contributed by atoms with E-state index in [2.05, 4.69) is 43.4 Å². The quantitative estimate of drug-likeness (QED) is 0.773. The minimum Gasteiger partial charge on any atom is -0.307 e. The van der Waals surface area contributed by atoms with Gasteiger partial charge in [-0.25, -0.2) is 0 Å². The lowest BCUT2D eigenvalue weighted by Crippen LogP contribution is -2.36. The van der Waals surface area contributed by atoms with Crippen molar-refractivity contribution in [1.29, 1.82) is 0 Å². The summed E-state index contributed by atoms with van der Waals surface area (Å²) in [5, 5.41) is 4.03. The van der Waals surface area contributed by atoms with E-state index in [-0.39, 0.29) is 0 Å². The molecule has 0 radical (unpaired) electrons. The summed E-state index contributed by atoms with van der Waals surface area (Å²) in [7, 11) is 0. The summed E-state index contributed by atoms with van der Waals surface area (Å²) in [6.45, 7) is 4.81. The van der Waals surface area contributed by atoms with E-state index in [1.807, 2.05) is 0 Å². The summed E-state index contributed by atoms with van der Waals surface area (Å²) in [6.07, 6.45) is 9.45. The number of rotatable bonds is 3. The van der Waals surface area contributed by atoms with Gasteiger partial charge in [0.2, 0.25) is 0 Å². The molecule has 0 aliphatic heterocycles. The van der Waals surface area contributed by atoms with Crippen LogP contribution in [0.15, 0.2) is 24.3 Å². The lowest BCUT2D eigenvalue weighted by Gasteiger charge is -2.27. The van der Waals surface area contributed by atoms with Crippen molar-refractivity contribution in [3.8, 4) is 0 Å². The Morgan fingerprint density at radius 1 is 1.10 bits per heavy atom. The first-order valence-corrected chi connectivity index (χ1v) is 8.63. The minimum atomic E-state index is 0.594. The van der Waals surface area contributed by atoms with Crippen LogP contribution in [0.4, 0.5) is 0 Å². The second-order valence-corrected chi connectivity index (χ2v) is 6.88. The molecule has 1 N–H and O–H groups in total. The van der Waals surface area contributed by atoms with Gasteiger partial charge >= 0.3 is 0 Å². The Kier molecular flexibility index (Phi) is 4.45. The number of benzene rings is 1. The van der Waals surface area contributed by atoms with E-state index in [1.54, 1.807) is 11.1 Å². The van der Waals surface area contributed by atoms with Crippen molar-refractivity contribution in [2.75, 3.05) is 0 Å². The normalized spacial score (nSPS) is 33.7. The molecular weight excluding hydrogens is 242 g/mol. The fourth-order valence-electron chi connectivity index (χ4n) is 4.41. The molecule has 3 rings (SSSR count). The highest BCUT2D eigenvalue weighted by Gasteiger charge is 2.33. The molecule has 1 nitrogen and oxygen atoms in total. The summed E-state index contributed by atoms with van der Waals surface area (Å²) in [6, 6.07) is 10.4. The zero-order chi connectivity index (χ0) is 13.9. The zero-order valence-electron chi connectivity index (χ0n) is 13.1. The highest BCUT2D eigenvalue weighted by Crippen LogP contribution is 2.37. The van der Waals surface area contributed by atoms with Crippen LogP contribution in [0.25, 0.3) is 0 Å². The maximum absolute atomic E-state index is 4.03. The topological polar surface area (TPSA) is 12.0 Å². The van der Waals surface area contributed by atoms with Crippen LogP contribution in [0.3, 0.4) is 0 Å². The molecule has 2 aliphatic carbocycles. The maximum Gasteiger partial charge on any atom is 0.0325 e. The molecule has 1 fully saturated rings. The Morgan fingerprint density at radius 2 is 1.95 bits per heavy atom. The molecule has 0 saturated heterocycles. The second kappa shape index (κ2) is 6.30. The average Bonchev–Trinajstić information content (AvgIpc) is 2.70. The van der Waals surface area contributed by atoms with Gasteiger partial charge in [0.1, 0.15) is 0 Å². The fraction of sp³-hybridized carbons (Fsp3) is 0.684. The minimum absolute atomic E-state index is 0.594. The van der Waals surface area contributed by atoms with Crippen LogP contribution >= 0.6 is 0 Å². The Bertz CT molecular complexity index is 439. The molecule has 0 spiro atoms. The first kappa shape index (κ1) is 14.1. The van der Waals surface area contributed by atoms with Gasteiger partial charge in [0, 0.05) is 12.1 Å². The lowest BCUT2D eigenvalue weighted by molar-refractivity contribution is 0.314. The monoisotopic (exact) mass is 271 g/mol. The Morgan fingerprint density at radius 3 is 2.75 bits per heavy atom. The first-order valence-electron chi connectivity index (χ1n) is 8.63. The molecule has 20 heavy (non-hydrogen) atoms. The smallest absolute Gasteiger partial charge is 0.0325 e. The SMILES string of the molecule is CCC1CCC(NC2CCCCc3ccccc32)C1C. The Balaban J connectivity index is 1.74. The summed E-state index contributed by atoms with van der Waals surface area (Å²) >= 11 is 0. The van der Waals surface area contributed by atoms with Gasteiger partial charge in [-0.2, -0.15) is 0 Å². The molecule has 4 unspecified atom stereocenters. The van der Waals surface area contributed by atoms with Gasteiger partial charge in [0.15, 0.2) is 0 Å². The van der Waals surface area contributed by atoms with Crippen LogP contribution in [0.5, 0.6) is 0 Å². The predicted octanol–water partition coefficient (Wildman–Crippen LogP) is 4.87. The van der Waals surface area contributed by atoms with Crippen molar-refractivity contribution in [3.63, 3.8) is 0 Å². The van der Waals surface area contributed by atoms with E-state index in [1.165, 1.54) is 44.9 Å². The molecule has 110 valence electrons. The van der Waals surface area contributed by atoms with Crippen molar-refractivity contribution in [2.24, 2.45) is 11.8 Å². The van der Waals surface area contributed by atoms with Gasteiger partial charge in [0.25, 0.3) is 0 Å². The van der Waals surface area contributed by atoms with Gasteiger partial charge in [-0.05, 0) is 55.1 Å².